The minimum atomic E-state index is 0.641. The standard InChI is InChI=1S/C62H34N4/c1-64-40-34-39-21-23-54-52(29-31-56-62(54)60(39)58(35-40)66(56)42-14-6-3-7-15-42)50-27-25-48(44-17-9-11-19-46(44)50)47-24-26-49(45-18-10-8-16-43(45)47)51-28-30-55-61-53(51)22-20-38-32-37(36-63)33-57(59(38)61)65(55)41-12-4-2-5-13-41/h2-35H. The molecule has 0 spiro atoms. The Balaban J connectivity index is 0.957. The molecule has 14 rings (SSSR count). The van der Waals surface area contributed by atoms with Gasteiger partial charge in [-0.25, -0.2) is 4.85 Å². The fraction of sp³-hybridized carbons (Fsp3) is 0. The summed E-state index contributed by atoms with van der Waals surface area (Å²) in [7, 11) is 0. The van der Waals surface area contributed by atoms with Crippen LogP contribution in [0.25, 0.3) is 136 Å². The number of aromatic nitrogens is 2. The topological polar surface area (TPSA) is 38.0 Å². The molecule has 0 amide bonds. The van der Waals surface area contributed by atoms with E-state index in [2.05, 4.69) is 190 Å². The maximum absolute atomic E-state index is 10.0. The lowest BCUT2D eigenvalue weighted by Gasteiger charge is -2.17. The Hall–Kier alpha value is -9.22. The van der Waals surface area contributed by atoms with Crippen LogP contribution in [0, 0.1) is 17.9 Å². The number of benzene rings is 12. The molecular formula is C62H34N4. The van der Waals surface area contributed by atoms with E-state index in [-0.39, 0.29) is 0 Å². The minimum Gasteiger partial charge on any atom is -0.310 e. The third-order valence-electron chi connectivity index (χ3n) is 14.1. The number of hydrogen-bond acceptors (Lipinski definition) is 1. The van der Waals surface area contributed by atoms with Crippen molar-refractivity contribution in [2.24, 2.45) is 0 Å². The van der Waals surface area contributed by atoms with Gasteiger partial charge in [0.1, 0.15) is 0 Å². The van der Waals surface area contributed by atoms with Crippen LogP contribution in [0.1, 0.15) is 5.56 Å². The van der Waals surface area contributed by atoms with E-state index in [4.69, 9.17) is 6.57 Å². The zero-order valence-corrected chi connectivity index (χ0v) is 35.4. The highest BCUT2D eigenvalue weighted by Crippen LogP contribution is 2.48. The molecule has 0 aliphatic rings. The first-order valence-electron chi connectivity index (χ1n) is 22.3. The van der Waals surface area contributed by atoms with Crippen LogP contribution in [-0.2, 0) is 0 Å². The summed E-state index contributed by atoms with van der Waals surface area (Å²) < 4.78 is 4.62. The molecular weight excluding hydrogens is 801 g/mol. The average molecular weight is 835 g/mol. The van der Waals surface area contributed by atoms with Crippen molar-refractivity contribution in [3.63, 3.8) is 0 Å². The first-order chi connectivity index (χ1) is 32.7. The molecule has 0 saturated heterocycles. The van der Waals surface area contributed by atoms with Crippen LogP contribution in [0.5, 0.6) is 0 Å². The van der Waals surface area contributed by atoms with Gasteiger partial charge in [0.15, 0.2) is 5.69 Å². The Morgan fingerprint density at radius 3 is 1.18 bits per heavy atom. The van der Waals surface area contributed by atoms with Crippen LogP contribution in [-0.4, -0.2) is 9.13 Å². The highest BCUT2D eigenvalue weighted by Gasteiger charge is 2.23. The minimum absolute atomic E-state index is 0.641. The van der Waals surface area contributed by atoms with E-state index < -0.39 is 0 Å². The molecule has 0 fully saturated rings. The van der Waals surface area contributed by atoms with E-state index >= 15 is 0 Å². The predicted octanol–water partition coefficient (Wildman–Crippen LogP) is 16.8. The Morgan fingerprint density at radius 2 is 0.742 bits per heavy atom. The lowest BCUT2D eigenvalue weighted by molar-refractivity contribution is 1.18. The fourth-order valence-electron chi connectivity index (χ4n) is 11.4. The van der Waals surface area contributed by atoms with Gasteiger partial charge in [0.2, 0.25) is 0 Å². The van der Waals surface area contributed by atoms with Gasteiger partial charge in [-0.05, 0) is 137 Å². The van der Waals surface area contributed by atoms with E-state index in [1.807, 2.05) is 36.4 Å². The van der Waals surface area contributed by atoms with Gasteiger partial charge in [-0.2, -0.15) is 5.26 Å². The second kappa shape index (κ2) is 13.6. The number of nitriles is 1. The van der Waals surface area contributed by atoms with Crippen LogP contribution < -0.4 is 0 Å². The summed E-state index contributed by atoms with van der Waals surface area (Å²) >= 11 is 0. The highest BCUT2D eigenvalue weighted by molar-refractivity contribution is 6.29. The fourth-order valence-corrected chi connectivity index (χ4v) is 11.4. The summed E-state index contributed by atoms with van der Waals surface area (Å²) in [5, 5.41) is 24.2. The molecule has 0 radical (unpaired) electrons. The van der Waals surface area contributed by atoms with Gasteiger partial charge >= 0.3 is 0 Å². The molecule has 0 aliphatic carbocycles. The smallest absolute Gasteiger partial charge is 0.189 e. The van der Waals surface area contributed by atoms with Crippen LogP contribution in [0.3, 0.4) is 0 Å². The maximum Gasteiger partial charge on any atom is 0.189 e. The molecule has 0 saturated carbocycles. The van der Waals surface area contributed by atoms with Crippen molar-refractivity contribution in [2.45, 2.75) is 0 Å². The van der Waals surface area contributed by atoms with E-state index in [1.165, 1.54) is 87.2 Å². The largest absolute Gasteiger partial charge is 0.310 e. The van der Waals surface area contributed by atoms with Crippen molar-refractivity contribution in [3.8, 4) is 50.8 Å². The maximum atomic E-state index is 10.0. The quantitative estimate of drug-likeness (QED) is 0.126. The molecule has 4 heteroatoms. The molecule has 0 unspecified atom stereocenters. The summed E-state index contributed by atoms with van der Waals surface area (Å²) in [6.07, 6.45) is 0. The molecule has 14 aromatic rings. The second-order valence-corrected chi connectivity index (χ2v) is 17.4. The van der Waals surface area contributed by atoms with Gasteiger partial charge in [-0.1, -0.05) is 146 Å². The first kappa shape index (κ1) is 36.3. The molecule has 0 N–H and O–H groups in total. The summed E-state index contributed by atoms with van der Waals surface area (Å²) in [5.41, 5.74) is 14.9. The number of hydrogen-bond donors (Lipinski definition) is 0. The van der Waals surface area contributed by atoms with Gasteiger partial charge < -0.3 is 9.13 Å². The van der Waals surface area contributed by atoms with E-state index in [9.17, 15) is 5.26 Å². The Labute approximate surface area is 379 Å². The Bertz CT molecular complexity index is 4120. The molecule has 0 aliphatic heterocycles. The van der Waals surface area contributed by atoms with Gasteiger partial charge in [0, 0.05) is 38.4 Å². The summed E-state index contributed by atoms with van der Waals surface area (Å²) in [6, 6.07) is 76.3. The second-order valence-electron chi connectivity index (χ2n) is 17.4. The predicted molar refractivity (Wildman–Crippen MR) is 275 cm³/mol. The molecule has 4 nitrogen and oxygen atoms in total. The van der Waals surface area contributed by atoms with Crippen molar-refractivity contribution < 1.29 is 0 Å². The molecule has 0 bridgehead atoms. The molecule has 2 heterocycles. The van der Waals surface area contributed by atoms with Gasteiger partial charge in [0.25, 0.3) is 0 Å². The van der Waals surface area contributed by atoms with Gasteiger partial charge in [-0.15, -0.1) is 0 Å². The number of para-hydroxylation sites is 2. The summed E-state index contributed by atoms with van der Waals surface area (Å²) in [4.78, 5) is 3.86. The van der Waals surface area contributed by atoms with E-state index in [0.717, 1.165) is 44.2 Å². The molecule has 12 aromatic carbocycles. The number of nitrogens with zero attached hydrogens (tertiary/aromatic N) is 4. The van der Waals surface area contributed by atoms with E-state index in [0.29, 0.717) is 11.3 Å². The zero-order chi connectivity index (χ0) is 43.6. The van der Waals surface area contributed by atoms with Gasteiger partial charge in [-0.3, -0.25) is 0 Å². The lowest BCUT2D eigenvalue weighted by atomic mass is 9.86. The lowest BCUT2D eigenvalue weighted by Crippen LogP contribution is -1.93. The third kappa shape index (κ3) is 4.96. The van der Waals surface area contributed by atoms with Crippen LogP contribution in [0.2, 0.25) is 0 Å². The normalized spacial score (nSPS) is 11.9. The van der Waals surface area contributed by atoms with Gasteiger partial charge in [0.05, 0.1) is 34.8 Å². The molecule has 2 aromatic heterocycles. The average Bonchev–Trinajstić information content (AvgIpc) is 3.91. The summed E-state index contributed by atoms with van der Waals surface area (Å²) in [5.74, 6) is 0. The van der Waals surface area contributed by atoms with Crippen molar-refractivity contribution in [3.05, 3.63) is 223 Å². The number of fused-ring (bicyclic) bond motifs is 2. The van der Waals surface area contributed by atoms with Crippen molar-refractivity contribution >= 4 is 92.4 Å². The molecule has 66 heavy (non-hydrogen) atoms. The molecule has 302 valence electrons. The van der Waals surface area contributed by atoms with Crippen LogP contribution in [0.15, 0.2) is 206 Å². The first-order valence-corrected chi connectivity index (χ1v) is 22.3. The Morgan fingerprint density at radius 1 is 0.348 bits per heavy atom. The van der Waals surface area contributed by atoms with Crippen molar-refractivity contribution in [1.29, 1.82) is 5.26 Å². The third-order valence-corrected chi connectivity index (χ3v) is 14.1. The van der Waals surface area contributed by atoms with Crippen molar-refractivity contribution in [2.75, 3.05) is 0 Å². The van der Waals surface area contributed by atoms with E-state index in [1.54, 1.807) is 0 Å². The highest BCUT2D eigenvalue weighted by atomic mass is 15.0. The SMILES string of the molecule is [C-]#[N+]c1cc2ccc3c(-c4ccc(-c5ccc(-c6ccc7c8c6ccc6cc(C#N)cc(c68)n7-c6ccccc6)c6ccccc56)c5ccccc45)ccc4c3c2c(c1)n4-c1ccccc1. The van der Waals surface area contributed by atoms with Crippen LogP contribution in [0.4, 0.5) is 5.69 Å². The number of rotatable bonds is 5. The summed E-state index contributed by atoms with van der Waals surface area (Å²) in [6.45, 7) is 7.90. The monoisotopic (exact) mass is 834 g/mol. The Kier molecular flexibility index (Phi) is 7.50. The zero-order valence-electron chi connectivity index (χ0n) is 35.4. The van der Waals surface area contributed by atoms with Crippen molar-refractivity contribution in [1.82, 2.24) is 9.13 Å². The van der Waals surface area contributed by atoms with Crippen LogP contribution >= 0.6 is 0 Å². The molecule has 0 atom stereocenters.